The lowest BCUT2D eigenvalue weighted by molar-refractivity contribution is -0.141. The van der Waals surface area contributed by atoms with E-state index in [4.69, 9.17) is 24.3 Å². The molecule has 0 bridgehead atoms. The first kappa shape index (κ1) is 41.6. The Hall–Kier alpha value is -5.71. The normalized spacial score (nSPS) is 26.5. The van der Waals surface area contributed by atoms with Gasteiger partial charge in [0, 0.05) is 24.0 Å². The molecular weight excluding hydrogens is 815 g/mol. The summed E-state index contributed by atoms with van der Waals surface area (Å²) in [7, 11) is -2.33. The first-order valence-electron chi connectivity index (χ1n) is 21.8. The van der Waals surface area contributed by atoms with Gasteiger partial charge >= 0.3 is 6.09 Å². The predicted molar refractivity (Wildman–Crippen MR) is 229 cm³/mol. The molecule has 4 heterocycles. The quantitative estimate of drug-likeness (QED) is 0.186. The van der Waals surface area contributed by atoms with Crippen molar-refractivity contribution in [3.05, 3.63) is 66.2 Å². The predicted octanol–water partition coefficient (Wildman–Crippen LogP) is 5.26. The number of methoxy groups -OCH3 is 1. The second-order valence-electron chi connectivity index (χ2n) is 17.5. The lowest BCUT2D eigenvalue weighted by Gasteiger charge is -2.30. The maximum Gasteiger partial charge on any atom is 0.408 e. The topological polar surface area (TPSA) is 200 Å². The van der Waals surface area contributed by atoms with Gasteiger partial charge in [-0.25, -0.2) is 18.2 Å². The van der Waals surface area contributed by atoms with Crippen LogP contribution >= 0.6 is 0 Å². The number of benzene rings is 2. The molecule has 16 nitrogen and oxygen atoms in total. The third kappa shape index (κ3) is 8.55. The summed E-state index contributed by atoms with van der Waals surface area (Å²) >= 11 is 0. The number of aromatic nitrogens is 3. The molecule has 62 heavy (non-hydrogen) atoms. The molecule has 3 N–H and O–H groups in total. The van der Waals surface area contributed by atoms with Crippen molar-refractivity contribution in [2.75, 3.05) is 13.7 Å². The van der Waals surface area contributed by atoms with Crippen LogP contribution in [0.15, 0.2) is 60.7 Å². The number of alkyl carbamates (subject to hydrolysis) is 1. The molecular formula is C45H53N7O9S. The van der Waals surface area contributed by atoms with Gasteiger partial charge in [-0.3, -0.25) is 19.1 Å². The van der Waals surface area contributed by atoms with Crippen molar-refractivity contribution >= 4 is 50.4 Å². The van der Waals surface area contributed by atoms with Crippen molar-refractivity contribution in [2.24, 2.45) is 5.92 Å². The monoisotopic (exact) mass is 867 g/mol. The Kier molecular flexibility index (Phi) is 11.3. The van der Waals surface area contributed by atoms with Gasteiger partial charge in [0.1, 0.15) is 35.6 Å². The van der Waals surface area contributed by atoms with Gasteiger partial charge in [-0.05, 0) is 89.3 Å². The number of aryl methyl sites for hydroxylation is 1. The Balaban J connectivity index is 1.06. The number of hydrogen-bond acceptors (Lipinski definition) is 11. The molecule has 5 atom stereocenters. The molecule has 4 fully saturated rings. The molecule has 328 valence electrons. The highest BCUT2D eigenvalue weighted by Gasteiger charge is 2.62. The van der Waals surface area contributed by atoms with Crippen molar-refractivity contribution in [1.29, 1.82) is 0 Å². The summed E-state index contributed by atoms with van der Waals surface area (Å²) in [6.45, 7) is 1.97. The highest BCUT2D eigenvalue weighted by molar-refractivity contribution is 7.91. The largest absolute Gasteiger partial charge is 0.497 e. The third-order valence-corrected chi connectivity index (χ3v) is 14.7. The Bertz CT molecular complexity index is 2530. The van der Waals surface area contributed by atoms with Crippen molar-refractivity contribution in [3.63, 3.8) is 0 Å². The molecule has 9 rings (SSSR count). The van der Waals surface area contributed by atoms with Gasteiger partial charge in [-0.1, -0.05) is 54.8 Å². The Morgan fingerprint density at radius 2 is 1.71 bits per heavy atom. The number of hydrogen-bond donors (Lipinski definition) is 3. The summed E-state index contributed by atoms with van der Waals surface area (Å²) in [6.07, 6.45) is 9.99. The fourth-order valence-corrected chi connectivity index (χ4v) is 10.4. The van der Waals surface area contributed by atoms with Crippen LogP contribution in [0.25, 0.3) is 27.8 Å². The summed E-state index contributed by atoms with van der Waals surface area (Å²) in [5.74, 6) is -1.39. The van der Waals surface area contributed by atoms with Crippen LogP contribution in [0.5, 0.6) is 11.6 Å². The van der Waals surface area contributed by atoms with Gasteiger partial charge in [0.2, 0.25) is 27.7 Å². The van der Waals surface area contributed by atoms with Crippen LogP contribution in [0.2, 0.25) is 0 Å². The Labute approximate surface area is 360 Å². The van der Waals surface area contributed by atoms with Crippen LogP contribution in [0.3, 0.4) is 0 Å². The van der Waals surface area contributed by atoms with Gasteiger partial charge in [-0.2, -0.15) is 9.61 Å². The van der Waals surface area contributed by atoms with E-state index in [0.29, 0.717) is 60.6 Å². The van der Waals surface area contributed by atoms with Gasteiger partial charge in [0.25, 0.3) is 5.91 Å². The smallest absolute Gasteiger partial charge is 0.408 e. The minimum atomic E-state index is -3.92. The molecule has 4 aromatic rings. The van der Waals surface area contributed by atoms with Gasteiger partial charge in [-0.15, -0.1) is 0 Å². The number of rotatable bonds is 9. The highest BCUT2D eigenvalue weighted by atomic mass is 32.2. The summed E-state index contributed by atoms with van der Waals surface area (Å²) in [6, 6.07) is 13.1. The first-order valence-corrected chi connectivity index (χ1v) is 23.4. The van der Waals surface area contributed by atoms with E-state index in [-0.39, 0.29) is 25.5 Å². The fraction of sp³-hybridized carbons (Fsp3) is 0.511. The molecule has 0 unspecified atom stereocenters. The van der Waals surface area contributed by atoms with Crippen LogP contribution in [-0.2, 0) is 29.1 Å². The van der Waals surface area contributed by atoms with E-state index in [1.165, 1.54) is 4.90 Å². The van der Waals surface area contributed by atoms with Gasteiger partial charge in [0.05, 0.1) is 35.5 Å². The number of nitrogens with zero attached hydrogens (tertiary/aromatic N) is 4. The number of amides is 4. The van der Waals surface area contributed by atoms with Crippen LogP contribution in [0.4, 0.5) is 4.79 Å². The van der Waals surface area contributed by atoms with Crippen molar-refractivity contribution in [2.45, 2.75) is 125 Å². The Morgan fingerprint density at radius 1 is 0.935 bits per heavy atom. The van der Waals surface area contributed by atoms with Crippen molar-refractivity contribution in [1.82, 2.24) is 34.9 Å². The average Bonchev–Trinajstić information content (AvgIpc) is 4.07. The maximum absolute atomic E-state index is 14.8. The van der Waals surface area contributed by atoms with Gasteiger partial charge < -0.3 is 29.7 Å². The lowest BCUT2D eigenvalue weighted by atomic mass is 10.0. The maximum atomic E-state index is 14.8. The highest BCUT2D eigenvalue weighted by Crippen LogP contribution is 2.46. The second-order valence-corrected chi connectivity index (χ2v) is 19.4. The van der Waals surface area contributed by atoms with E-state index in [1.807, 2.05) is 61.5 Å². The summed E-state index contributed by atoms with van der Waals surface area (Å²) in [5, 5.41) is 10.7. The summed E-state index contributed by atoms with van der Waals surface area (Å²) in [5.41, 5.74) is 2.18. The van der Waals surface area contributed by atoms with Crippen LogP contribution < -0.4 is 24.8 Å². The SMILES string of the molecule is COc1ccc2nn3c(O[C@@H]4C[C@H]5C(=O)N[C@]6(C(=O)NS(=O)(=O)C7CC7)C[C@@H]6/C=C\CCCCC[C@H](NC(=O)OC6CCCC6)C(=O)N5C4)cc(-c4ccc(C)cc4)nc3c2c1. The number of carbonyl (C=O) groups excluding carboxylic acids is 4. The summed E-state index contributed by atoms with van der Waals surface area (Å²) in [4.78, 5) is 63.1. The van der Waals surface area contributed by atoms with E-state index in [0.717, 1.165) is 55.0 Å². The zero-order valence-electron chi connectivity index (χ0n) is 35.0. The first-order chi connectivity index (χ1) is 29.9. The molecule has 0 radical (unpaired) electrons. The number of fused-ring (bicyclic) bond motifs is 5. The second kappa shape index (κ2) is 16.9. The van der Waals surface area contributed by atoms with Crippen molar-refractivity contribution < 1.29 is 41.8 Å². The number of ether oxygens (including phenoxy) is 3. The Morgan fingerprint density at radius 3 is 2.47 bits per heavy atom. The van der Waals surface area contributed by atoms with Crippen LogP contribution in [0, 0.1) is 12.8 Å². The van der Waals surface area contributed by atoms with E-state index >= 15 is 0 Å². The zero-order valence-corrected chi connectivity index (χ0v) is 35.8. The molecule has 1 saturated heterocycles. The summed E-state index contributed by atoms with van der Waals surface area (Å²) < 4.78 is 47.9. The number of sulfonamides is 1. The van der Waals surface area contributed by atoms with Crippen LogP contribution in [-0.4, -0.2) is 100 Å². The van der Waals surface area contributed by atoms with E-state index < -0.39 is 68.7 Å². The van der Waals surface area contributed by atoms with E-state index in [9.17, 15) is 27.6 Å². The molecule has 17 heteroatoms. The molecule has 3 saturated carbocycles. The number of allylic oxidation sites excluding steroid dienone is 1. The van der Waals surface area contributed by atoms with E-state index in [1.54, 1.807) is 17.7 Å². The molecule has 2 aliphatic heterocycles. The number of nitrogens with one attached hydrogen (secondary N) is 3. The minimum Gasteiger partial charge on any atom is -0.497 e. The lowest BCUT2D eigenvalue weighted by Crippen LogP contribution is -2.58. The molecule has 2 aromatic heterocycles. The third-order valence-electron chi connectivity index (χ3n) is 12.9. The minimum absolute atomic E-state index is 0.0215. The molecule has 3 aliphatic carbocycles. The molecule has 5 aliphatic rings. The van der Waals surface area contributed by atoms with Crippen molar-refractivity contribution in [3.8, 4) is 22.9 Å². The zero-order chi connectivity index (χ0) is 43.2. The average molecular weight is 868 g/mol. The molecule has 4 amide bonds. The van der Waals surface area contributed by atoms with E-state index in [2.05, 4.69) is 15.4 Å². The van der Waals surface area contributed by atoms with Gasteiger partial charge in [0.15, 0.2) is 5.65 Å². The standard InChI is InChI=1S/C45H53N7O9S/c1-27-14-16-28(17-15-27)37-24-39(52-40(46-37)34-22-31(59-2)18-21-35(34)49-52)60-32-23-38-41(53)48-45(43(55)50-62(57,58)33-19-20-33)25-29(45)10-6-4-3-5-7-13-36(42(54)51(38)26-32)47-44(56)61-30-11-8-9-12-30/h6,10,14-18,21-22,24,29-30,32-33,36,38H,3-5,7-9,11-13,19-20,23,25-26H2,1-2H3,(H,47,56)(H,48,53)(H,50,55)/b10-6-/t29-,32+,36-,38-,45+/m0/s1. The molecule has 0 spiro atoms. The van der Waals surface area contributed by atoms with Crippen LogP contribution in [0.1, 0.15) is 89.0 Å². The molecule has 2 aromatic carbocycles. The number of carbonyl (C=O) groups is 4. The fourth-order valence-electron chi connectivity index (χ4n) is 9.07.